The zero-order valence-electron chi connectivity index (χ0n) is 17.5. The number of anilines is 1. The Kier molecular flexibility index (Phi) is 5.10. The van der Waals surface area contributed by atoms with Crippen molar-refractivity contribution in [3.63, 3.8) is 0 Å². The SMILES string of the molecule is O=C(NC1CCCC1)[C@H]1c2ccccc2C(=O)N(c2ccccc2)C12CCCCC2. The van der Waals surface area contributed by atoms with Crippen molar-refractivity contribution in [3.8, 4) is 0 Å². The van der Waals surface area contributed by atoms with Crippen molar-refractivity contribution in [1.82, 2.24) is 5.32 Å². The Balaban J connectivity index is 1.66. The molecule has 5 rings (SSSR count). The van der Waals surface area contributed by atoms with E-state index in [9.17, 15) is 9.59 Å². The van der Waals surface area contributed by atoms with Crippen LogP contribution in [0.3, 0.4) is 0 Å². The highest BCUT2D eigenvalue weighted by atomic mass is 16.2. The van der Waals surface area contributed by atoms with Gasteiger partial charge in [-0.15, -0.1) is 0 Å². The summed E-state index contributed by atoms with van der Waals surface area (Å²) in [5.41, 5.74) is 1.99. The largest absolute Gasteiger partial charge is 0.353 e. The zero-order chi connectivity index (χ0) is 20.6. The summed E-state index contributed by atoms with van der Waals surface area (Å²) >= 11 is 0. The molecule has 156 valence electrons. The van der Waals surface area contributed by atoms with Gasteiger partial charge >= 0.3 is 0 Å². The second-order valence-corrected chi connectivity index (χ2v) is 9.15. The predicted octanol–water partition coefficient (Wildman–Crippen LogP) is 5.19. The van der Waals surface area contributed by atoms with E-state index in [2.05, 4.69) is 5.32 Å². The van der Waals surface area contributed by atoms with E-state index >= 15 is 0 Å². The van der Waals surface area contributed by atoms with Gasteiger partial charge in [-0.05, 0) is 49.4 Å². The molecule has 1 atom stereocenters. The molecule has 1 spiro atoms. The van der Waals surface area contributed by atoms with Crippen LogP contribution in [0, 0.1) is 0 Å². The van der Waals surface area contributed by atoms with Gasteiger partial charge in [-0.25, -0.2) is 0 Å². The van der Waals surface area contributed by atoms with E-state index in [1.165, 1.54) is 12.8 Å². The Morgan fingerprint density at radius 2 is 1.53 bits per heavy atom. The molecule has 30 heavy (non-hydrogen) atoms. The Labute approximate surface area is 178 Å². The zero-order valence-corrected chi connectivity index (χ0v) is 17.5. The molecule has 0 unspecified atom stereocenters. The van der Waals surface area contributed by atoms with E-state index in [1.807, 2.05) is 59.5 Å². The number of rotatable bonds is 3. The fourth-order valence-electron chi connectivity index (χ4n) is 6.05. The summed E-state index contributed by atoms with van der Waals surface area (Å²) in [5, 5.41) is 3.37. The number of para-hydroxylation sites is 1. The van der Waals surface area contributed by atoms with Crippen molar-refractivity contribution in [1.29, 1.82) is 0 Å². The van der Waals surface area contributed by atoms with Crippen LogP contribution in [-0.2, 0) is 4.79 Å². The maximum atomic E-state index is 13.8. The second-order valence-electron chi connectivity index (χ2n) is 9.15. The average molecular weight is 403 g/mol. The number of amides is 2. The minimum absolute atomic E-state index is 0.0311. The molecule has 2 aromatic carbocycles. The van der Waals surface area contributed by atoms with Crippen LogP contribution < -0.4 is 10.2 Å². The van der Waals surface area contributed by atoms with Gasteiger partial charge < -0.3 is 10.2 Å². The molecule has 0 radical (unpaired) electrons. The van der Waals surface area contributed by atoms with E-state index in [0.29, 0.717) is 5.56 Å². The third kappa shape index (κ3) is 3.13. The first-order valence-corrected chi connectivity index (χ1v) is 11.5. The molecule has 0 saturated heterocycles. The molecule has 2 saturated carbocycles. The van der Waals surface area contributed by atoms with Crippen molar-refractivity contribution in [2.45, 2.75) is 75.3 Å². The lowest BCUT2D eigenvalue weighted by Crippen LogP contribution is -2.63. The van der Waals surface area contributed by atoms with Gasteiger partial charge in [-0.1, -0.05) is 68.5 Å². The van der Waals surface area contributed by atoms with Crippen LogP contribution in [0.1, 0.15) is 79.6 Å². The number of carbonyl (C=O) groups excluding carboxylic acids is 2. The minimum Gasteiger partial charge on any atom is -0.353 e. The van der Waals surface area contributed by atoms with Crippen LogP contribution >= 0.6 is 0 Å². The lowest BCUT2D eigenvalue weighted by atomic mass is 9.65. The highest BCUT2D eigenvalue weighted by Gasteiger charge is 2.55. The van der Waals surface area contributed by atoms with Crippen molar-refractivity contribution in [2.75, 3.05) is 4.90 Å². The normalized spacial score (nSPS) is 23.4. The van der Waals surface area contributed by atoms with E-state index in [-0.39, 0.29) is 23.8 Å². The molecular weight excluding hydrogens is 372 g/mol. The molecule has 1 N–H and O–H groups in total. The molecule has 1 aliphatic heterocycles. The number of hydrogen-bond acceptors (Lipinski definition) is 2. The Bertz CT molecular complexity index is 927. The van der Waals surface area contributed by atoms with Crippen LogP contribution in [-0.4, -0.2) is 23.4 Å². The molecule has 4 heteroatoms. The molecule has 1 heterocycles. The van der Waals surface area contributed by atoms with Crippen LogP contribution in [0.2, 0.25) is 0 Å². The number of benzene rings is 2. The molecule has 2 aliphatic carbocycles. The van der Waals surface area contributed by atoms with Gasteiger partial charge in [0.2, 0.25) is 5.91 Å². The fourth-order valence-corrected chi connectivity index (χ4v) is 6.05. The molecule has 2 fully saturated rings. The first-order valence-electron chi connectivity index (χ1n) is 11.5. The third-order valence-electron chi connectivity index (χ3n) is 7.39. The van der Waals surface area contributed by atoms with Crippen LogP contribution in [0.5, 0.6) is 0 Å². The lowest BCUT2D eigenvalue weighted by Gasteiger charge is -2.53. The standard InChI is InChI=1S/C26H30N2O2/c29-24(27-19-11-5-6-12-19)23-21-15-7-8-16-22(21)25(30)28(20-13-3-1-4-14-20)26(23)17-9-2-10-18-26/h1,3-4,7-8,13-16,19,23H,2,5-6,9-12,17-18H2,(H,27,29)/t23-/m1/s1. The molecule has 0 bridgehead atoms. The third-order valence-corrected chi connectivity index (χ3v) is 7.39. The van der Waals surface area contributed by atoms with Gasteiger partial charge in [0.05, 0.1) is 11.5 Å². The van der Waals surface area contributed by atoms with Gasteiger partial charge in [-0.2, -0.15) is 0 Å². The van der Waals surface area contributed by atoms with Crippen LogP contribution in [0.4, 0.5) is 5.69 Å². The summed E-state index contributed by atoms with van der Waals surface area (Å²) in [6, 6.07) is 18.0. The molecule has 4 nitrogen and oxygen atoms in total. The van der Waals surface area contributed by atoms with Gasteiger partial charge in [0.1, 0.15) is 0 Å². The van der Waals surface area contributed by atoms with Crippen molar-refractivity contribution in [3.05, 3.63) is 65.7 Å². The number of fused-ring (bicyclic) bond motifs is 1. The van der Waals surface area contributed by atoms with E-state index < -0.39 is 5.54 Å². The van der Waals surface area contributed by atoms with Crippen molar-refractivity contribution < 1.29 is 9.59 Å². The first kappa shape index (κ1) is 19.3. The predicted molar refractivity (Wildman–Crippen MR) is 119 cm³/mol. The van der Waals surface area contributed by atoms with Gasteiger partial charge in [-0.3, -0.25) is 9.59 Å². The summed E-state index contributed by atoms with van der Waals surface area (Å²) in [6.07, 6.45) is 9.49. The Hall–Kier alpha value is -2.62. The fraction of sp³-hybridized carbons (Fsp3) is 0.462. The molecule has 2 amide bonds. The maximum absolute atomic E-state index is 13.8. The number of nitrogens with zero attached hydrogens (tertiary/aromatic N) is 1. The summed E-state index contributed by atoms with van der Waals surface area (Å²) in [5.74, 6) is -0.194. The smallest absolute Gasteiger partial charge is 0.259 e. The number of nitrogens with one attached hydrogen (secondary N) is 1. The first-order chi connectivity index (χ1) is 14.7. The molecule has 2 aromatic rings. The van der Waals surface area contributed by atoms with Crippen LogP contribution in [0.15, 0.2) is 54.6 Å². The number of carbonyl (C=O) groups is 2. The Morgan fingerprint density at radius 3 is 2.27 bits per heavy atom. The summed E-state index contributed by atoms with van der Waals surface area (Å²) < 4.78 is 0. The summed E-state index contributed by atoms with van der Waals surface area (Å²) in [7, 11) is 0. The topological polar surface area (TPSA) is 49.4 Å². The van der Waals surface area contributed by atoms with E-state index in [1.54, 1.807) is 0 Å². The average Bonchev–Trinajstić information content (AvgIpc) is 3.28. The molecule has 3 aliphatic rings. The monoisotopic (exact) mass is 402 g/mol. The lowest BCUT2D eigenvalue weighted by molar-refractivity contribution is -0.125. The Morgan fingerprint density at radius 1 is 0.867 bits per heavy atom. The van der Waals surface area contributed by atoms with Crippen molar-refractivity contribution >= 4 is 17.5 Å². The van der Waals surface area contributed by atoms with E-state index in [4.69, 9.17) is 0 Å². The highest BCUT2D eigenvalue weighted by Crippen LogP contribution is 2.50. The molecule has 0 aromatic heterocycles. The number of hydrogen-bond donors (Lipinski definition) is 1. The summed E-state index contributed by atoms with van der Waals surface area (Å²) in [4.78, 5) is 29.6. The van der Waals surface area contributed by atoms with Gasteiger partial charge in [0, 0.05) is 17.3 Å². The summed E-state index contributed by atoms with van der Waals surface area (Å²) in [6.45, 7) is 0. The van der Waals surface area contributed by atoms with Crippen LogP contribution in [0.25, 0.3) is 0 Å². The van der Waals surface area contributed by atoms with Crippen molar-refractivity contribution in [2.24, 2.45) is 0 Å². The van der Waals surface area contributed by atoms with Gasteiger partial charge in [0.25, 0.3) is 5.91 Å². The molecular formula is C26H30N2O2. The minimum atomic E-state index is -0.492. The highest BCUT2D eigenvalue weighted by molar-refractivity contribution is 6.12. The maximum Gasteiger partial charge on any atom is 0.259 e. The van der Waals surface area contributed by atoms with Gasteiger partial charge in [0.15, 0.2) is 0 Å². The quantitative estimate of drug-likeness (QED) is 0.768. The van der Waals surface area contributed by atoms with E-state index in [0.717, 1.165) is 56.2 Å². The second kappa shape index (κ2) is 7.90.